The molecule has 1 amide bonds. The second-order valence-corrected chi connectivity index (χ2v) is 6.79. The number of anilines is 1. The van der Waals surface area contributed by atoms with Gasteiger partial charge in [0.25, 0.3) is 0 Å². The van der Waals surface area contributed by atoms with Gasteiger partial charge in [0.2, 0.25) is 0 Å². The van der Waals surface area contributed by atoms with Gasteiger partial charge in [-0.1, -0.05) is 6.07 Å². The van der Waals surface area contributed by atoms with E-state index in [2.05, 4.69) is 9.88 Å². The Morgan fingerprint density at radius 3 is 2.52 bits per heavy atom. The van der Waals surface area contributed by atoms with Gasteiger partial charge in [-0.25, -0.2) is 9.78 Å². The summed E-state index contributed by atoms with van der Waals surface area (Å²) in [6.45, 7) is 9.34. The lowest BCUT2D eigenvalue weighted by Gasteiger charge is -2.40. The Balaban J connectivity index is 2.00. The van der Waals surface area contributed by atoms with E-state index in [0.29, 0.717) is 25.1 Å². The Morgan fingerprint density at radius 1 is 1.35 bits per heavy atom. The van der Waals surface area contributed by atoms with Gasteiger partial charge in [-0.2, -0.15) is 0 Å². The van der Waals surface area contributed by atoms with Crippen LogP contribution in [0, 0.1) is 0 Å². The van der Waals surface area contributed by atoms with Crippen molar-refractivity contribution in [3.8, 4) is 0 Å². The number of nitrogens with zero attached hydrogens (tertiary/aromatic N) is 3. The molecule has 0 aromatic carbocycles. The lowest BCUT2D eigenvalue weighted by atomic mass is 9.82. The average Bonchev–Trinajstić information content (AvgIpc) is 2.45. The number of aromatic nitrogens is 1. The first-order chi connectivity index (χ1) is 10.7. The molecule has 2 heterocycles. The molecule has 0 saturated carbocycles. The molecule has 2 N–H and O–H groups in total. The molecule has 1 fully saturated rings. The van der Waals surface area contributed by atoms with Gasteiger partial charge >= 0.3 is 13.2 Å². The van der Waals surface area contributed by atoms with Gasteiger partial charge in [0.05, 0.1) is 0 Å². The molecule has 1 aliphatic rings. The van der Waals surface area contributed by atoms with Gasteiger partial charge in [-0.3, -0.25) is 0 Å². The first-order valence-electron chi connectivity index (χ1n) is 7.74. The van der Waals surface area contributed by atoms with Crippen LogP contribution in [0.4, 0.5) is 10.6 Å². The molecule has 1 aromatic heterocycles. The number of piperazine rings is 1. The van der Waals surface area contributed by atoms with Gasteiger partial charge in [-0.15, -0.1) is 0 Å². The summed E-state index contributed by atoms with van der Waals surface area (Å²) in [7, 11) is -1.52. The quantitative estimate of drug-likeness (QED) is 0.757. The Hall–Kier alpha value is -1.80. The second-order valence-electron chi connectivity index (χ2n) is 6.79. The van der Waals surface area contributed by atoms with Crippen molar-refractivity contribution in [3.63, 3.8) is 0 Å². The summed E-state index contributed by atoms with van der Waals surface area (Å²) in [6.07, 6.45) is 1.16. The minimum absolute atomic E-state index is 0.0914. The third-order valence-electron chi connectivity index (χ3n) is 3.64. The van der Waals surface area contributed by atoms with Crippen LogP contribution >= 0.6 is 0 Å². The van der Waals surface area contributed by atoms with Crippen molar-refractivity contribution in [1.82, 2.24) is 9.88 Å². The predicted molar refractivity (Wildman–Crippen MR) is 88.7 cm³/mol. The molecule has 1 atom stereocenters. The van der Waals surface area contributed by atoms with E-state index in [4.69, 9.17) is 14.8 Å². The molecule has 2 rings (SSSR count). The average molecular weight is 321 g/mol. The van der Waals surface area contributed by atoms with Crippen LogP contribution in [0.25, 0.3) is 0 Å². The third-order valence-corrected chi connectivity index (χ3v) is 3.64. The smallest absolute Gasteiger partial charge is 0.444 e. The van der Waals surface area contributed by atoms with E-state index in [-0.39, 0.29) is 12.1 Å². The van der Waals surface area contributed by atoms with Crippen molar-refractivity contribution in [2.24, 2.45) is 0 Å². The van der Waals surface area contributed by atoms with E-state index in [0.717, 1.165) is 5.82 Å². The first kappa shape index (κ1) is 17.6. The number of hydrogen-bond donors (Lipinski definition) is 2. The van der Waals surface area contributed by atoms with Crippen molar-refractivity contribution in [3.05, 3.63) is 18.3 Å². The molecule has 1 saturated heterocycles. The van der Waals surface area contributed by atoms with Crippen LogP contribution in [0.1, 0.15) is 27.7 Å². The fourth-order valence-electron chi connectivity index (χ4n) is 2.51. The van der Waals surface area contributed by atoms with Crippen LogP contribution in [-0.2, 0) is 4.74 Å². The zero-order chi connectivity index (χ0) is 17.2. The molecule has 1 aliphatic heterocycles. The summed E-state index contributed by atoms with van der Waals surface area (Å²) in [5.74, 6) is 0.755. The van der Waals surface area contributed by atoms with Gasteiger partial charge < -0.3 is 24.6 Å². The van der Waals surface area contributed by atoms with Crippen LogP contribution < -0.4 is 10.4 Å². The summed E-state index contributed by atoms with van der Waals surface area (Å²) in [5, 5.41) is 18.2. The molecule has 7 nitrogen and oxygen atoms in total. The highest BCUT2D eigenvalue weighted by Crippen LogP contribution is 2.19. The van der Waals surface area contributed by atoms with E-state index >= 15 is 0 Å². The van der Waals surface area contributed by atoms with Gasteiger partial charge in [0.1, 0.15) is 11.4 Å². The van der Waals surface area contributed by atoms with E-state index in [9.17, 15) is 4.79 Å². The van der Waals surface area contributed by atoms with Crippen LogP contribution in [-0.4, -0.2) is 64.4 Å². The van der Waals surface area contributed by atoms with Crippen molar-refractivity contribution in [1.29, 1.82) is 0 Å². The van der Waals surface area contributed by atoms with Gasteiger partial charge in [0.15, 0.2) is 0 Å². The number of carbonyl (C=O) groups excluding carboxylic acids is 1. The Labute approximate surface area is 137 Å². The number of hydrogen-bond acceptors (Lipinski definition) is 6. The Morgan fingerprint density at radius 2 is 2.04 bits per heavy atom. The summed E-state index contributed by atoms with van der Waals surface area (Å²) in [4.78, 5) is 20.2. The molecule has 1 unspecified atom stereocenters. The van der Waals surface area contributed by atoms with Crippen molar-refractivity contribution >= 4 is 24.5 Å². The van der Waals surface area contributed by atoms with E-state index in [1.54, 1.807) is 17.0 Å². The second kappa shape index (κ2) is 6.76. The maximum absolute atomic E-state index is 12.1. The molecular formula is C15H24BN3O4. The highest BCUT2D eigenvalue weighted by atomic mass is 16.6. The lowest BCUT2D eigenvalue weighted by Crippen LogP contribution is -2.54. The predicted octanol–water partition coefficient (Wildman–Crippen LogP) is 0.207. The maximum atomic E-state index is 12.1. The topological polar surface area (TPSA) is 86.1 Å². The monoisotopic (exact) mass is 321 g/mol. The zero-order valence-electron chi connectivity index (χ0n) is 14.1. The summed E-state index contributed by atoms with van der Waals surface area (Å²) in [6, 6.07) is 3.49. The summed E-state index contributed by atoms with van der Waals surface area (Å²) in [5.41, 5.74) is -0.145. The number of pyridine rings is 1. The molecule has 8 heteroatoms. The van der Waals surface area contributed by atoms with E-state index < -0.39 is 12.7 Å². The SMILES string of the molecule is CC1CN(C(=O)OC(C)(C)C)CCN1c1ccc(B(O)O)cn1. The van der Waals surface area contributed by atoms with Crippen molar-refractivity contribution in [2.45, 2.75) is 39.3 Å². The summed E-state index contributed by atoms with van der Waals surface area (Å²) >= 11 is 0. The molecule has 0 bridgehead atoms. The molecule has 0 spiro atoms. The minimum atomic E-state index is -1.52. The fourth-order valence-corrected chi connectivity index (χ4v) is 2.51. The maximum Gasteiger partial charge on any atom is 0.490 e. The van der Waals surface area contributed by atoms with Crippen LogP contribution in [0.3, 0.4) is 0 Å². The molecule has 0 radical (unpaired) electrons. The number of carbonyl (C=O) groups is 1. The zero-order valence-corrected chi connectivity index (χ0v) is 14.1. The van der Waals surface area contributed by atoms with E-state index in [1.807, 2.05) is 27.7 Å². The number of rotatable bonds is 2. The number of amides is 1. The molecule has 1 aromatic rings. The highest BCUT2D eigenvalue weighted by Gasteiger charge is 2.30. The fraction of sp³-hybridized carbons (Fsp3) is 0.600. The van der Waals surface area contributed by atoms with Gasteiger partial charge in [-0.05, 0) is 33.8 Å². The first-order valence-corrected chi connectivity index (χ1v) is 7.74. The van der Waals surface area contributed by atoms with Crippen LogP contribution in [0.2, 0.25) is 0 Å². The van der Waals surface area contributed by atoms with Crippen molar-refractivity contribution < 1.29 is 19.6 Å². The highest BCUT2D eigenvalue weighted by molar-refractivity contribution is 6.58. The lowest BCUT2D eigenvalue weighted by molar-refractivity contribution is 0.0218. The Bertz CT molecular complexity index is 545. The molecular weight excluding hydrogens is 297 g/mol. The normalized spacial score (nSPS) is 18.8. The molecule has 126 valence electrons. The standard InChI is InChI=1S/C15H24BN3O4/c1-11-10-18(14(20)23-15(2,3)4)7-8-19(11)13-6-5-12(9-17-13)16(21)22/h5-6,9,11,21-22H,7-8,10H2,1-4H3. The Kier molecular flexibility index (Phi) is 5.16. The van der Waals surface area contributed by atoms with E-state index in [1.165, 1.54) is 6.20 Å². The van der Waals surface area contributed by atoms with Crippen LogP contribution in [0.15, 0.2) is 18.3 Å². The summed E-state index contributed by atoms with van der Waals surface area (Å²) < 4.78 is 5.41. The third kappa shape index (κ3) is 4.59. The minimum Gasteiger partial charge on any atom is -0.444 e. The van der Waals surface area contributed by atoms with Gasteiger partial charge in [0, 0.05) is 37.3 Å². The number of ether oxygens (including phenoxy) is 1. The molecule has 0 aliphatic carbocycles. The van der Waals surface area contributed by atoms with Crippen LogP contribution in [0.5, 0.6) is 0 Å². The molecule has 23 heavy (non-hydrogen) atoms. The largest absolute Gasteiger partial charge is 0.490 e. The van der Waals surface area contributed by atoms with Crippen molar-refractivity contribution in [2.75, 3.05) is 24.5 Å².